The van der Waals surface area contributed by atoms with E-state index in [0.29, 0.717) is 23.5 Å². The van der Waals surface area contributed by atoms with E-state index in [1.165, 1.54) is 0 Å². The Hall–Kier alpha value is -3.26. The Labute approximate surface area is 205 Å². The summed E-state index contributed by atoms with van der Waals surface area (Å²) in [5.74, 6) is 0.182. The van der Waals surface area contributed by atoms with E-state index in [2.05, 4.69) is 59.0 Å². The first-order chi connectivity index (χ1) is 15.8. The number of thiocarbonyl (C=S) groups is 1. The van der Waals surface area contributed by atoms with Crippen LogP contribution in [0, 0.1) is 0 Å². The van der Waals surface area contributed by atoms with Crippen LogP contribution in [0.25, 0.3) is 6.08 Å². The highest BCUT2D eigenvalue weighted by Crippen LogP contribution is 2.36. The van der Waals surface area contributed by atoms with Crippen LogP contribution in [-0.4, -0.2) is 28.6 Å². The van der Waals surface area contributed by atoms with Crippen LogP contribution in [0.2, 0.25) is 0 Å². The second-order valence-corrected chi connectivity index (χ2v) is 11.0. The third kappa shape index (κ3) is 4.97. The third-order valence-electron chi connectivity index (χ3n) is 5.63. The highest BCUT2D eigenvalue weighted by Gasteiger charge is 2.29. The van der Waals surface area contributed by atoms with Gasteiger partial charge in [-0.15, -0.1) is 0 Å². The van der Waals surface area contributed by atoms with Gasteiger partial charge in [0, 0.05) is 22.2 Å². The number of carbonyl (C=O) groups is 2. The molecule has 0 atom stereocenters. The Kier molecular flexibility index (Phi) is 5.97. The van der Waals surface area contributed by atoms with E-state index in [0.717, 1.165) is 17.0 Å². The van der Waals surface area contributed by atoms with Gasteiger partial charge in [0.1, 0.15) is 5.75 Å². The maximum absolute atomic E-state index is 12.9. The molecule has 7 nitrogen and oxygen atoms in total. The van der Waals surface area contributed by atoms with Crippen molar-refractivity contribution in [3.05, 3.63) is 58.6 Å². The fraction of sp³-hybridized carbons (Fsp3) is 0.385. The molecule has 178 valence electrons. The van der Waals surface area contributed by atoms with E-state index in [-0.39, 0.29) is 34.3 Å². The molecule has 3 heterocycles. The van der Waals surface area contributed by atoms with Crippen molar-refractivity contribution in [2.24, 2.45) is 0 Å². The first-order valence-electron chi connectivity index (χ1n) is 11.2. The lowest BCUT2D eigenvalue weighted by Gasteiger charge is -2.31. The second kappa shape index (κ2) is 8.51. The molecule has 0 aliphatic carbocycles. The minimum absolute atomic E-state index is 0.0244. The van der Waals surface area contributed by atoms with E-state index in [1.807, 2.05) is 6.07 Å². The summed E-state index contributed by atoms with van der Waals surface area (Å²) >= 11 is 4.89. The average Bonchev–Trinajstić information content (AvgIpc) is 3.05. The summed E-state index contributed by atoms with van der Waals surface area (Å²) in [6.45, 7) is 13.1. The number of carbonyl (C=O) groups excluding carboxylic acids is 2. The quantitative estimate of drug-likeness (QED) is 0.520. The number of hydrogen-bond acceptors (Lipinski definition) is 6. The topological polar surface area (TPSA) is 80.8 Å². The van der Waals surface area contributed by atoms with Crippen molar-refractivity contribution in [2.75, 3.05) is 11.5 Å². The number of amides is 2. The highest BCUT2D eigenvalue weighted by atomic mass is 32.1. The van der Waals surface area contributed by atoms with E-state index in [9.17, 15) is 9.59 Å². The number of fused-ring (bicyclic) bond motifs is 1. The molecule has 1 aromatic heterocycles. The van der Waals surface area contributed by atoms with E-state index >= 15 is 0 Å². The van der Waals surface area contributed by atoms with Crippen LogP contribution in [0.15, 0.2) is 36.1 Å². The van der Waals surface area contributed by atoms with Crippen molar-refractivity contribution >= 4 is 41.0 Å². The number of pyridine rings is 1. The van der Waals surface area contributed by atoms with E-state index < -0.39 is 5.91 Å². The maximum atomic E-state index is 12.9. The summed E-state index contributed by atoms with van der Waals surface area (Å²) in [6.07, 6.45) is 1.59. The molecule has 1 fully saturated rings. The van der Waals surface area contributed by atoms with Crippen LogP contribution in [0.4, 0.5) is 5.69 Å². The molecule has 1 aromatic carbocycles. The zero-order valence-electron chi connectivity index (χ0n) is 20.3. The second-order valence-electron chi connectivity index (χ2n) is 10.6. The van der Waals surface area contributed by atoms with Gasteiger partial charge in [-0.25, -0.2) is 0 Å². The Bertz CT molecular complexity index is 1190. The highest BCUT2D eigenvalue weighted by molar-refractivity contribution is 7.80. The molecule has 4 rings (SSSR count). The standard InChI is InChI=1S/C26H29N3O4S/c1-25(2,3)20-11-16(12-21(27-20)26(4,5)6)13-29-17-9-15(7-8-18(17)32-14-22(29)30)10-19-23(31)28-24(34)33-19/h7-12H,13-14H2,1-6H3,(H,28,31,34). The molecule has 1 saturated heterocycles. The Morgan fingerprint density at radius 2 is 1.71 bits per heavy atom. The first-order valence-corrected chi connectivity index (χ1v) is 11.6. The minimum atomic E-state index is -0.395. The smallest absolute Gasteiger partial charge is 0.294 e. The van der Waals surface area contributed by atoms with Crippen LogP contribution in [0.3, 0.4) is 0 Å². The van der Waals surface area contributed by atoms with Crippen LogP contribution >= 0.6 is 12.2 Å². The number of ether oxygens (including phenoxy) is 2. The lowest BCUT2D eigenvalue weighted by Crippen LogP contribution is -2.38. The fourth-order valence-corrected chi connectivity index (χ4v) is 3.87. The lowest BCUT2D eigenvalue weighted by molar-refractivity contribution is -0.121. The van der Waals surface area contributed by atoms with Gasteiger partial charge in [0.15, 0.2) is 12.4 Å². The third-order valence-corrected chi connectivity index (χ3v) is 5.81. The number of aromatic nitrogens is 1. The van der Waals surface area contributed by atoms with Crippen molar-refractivity contribution in [1.82, 2.24) is 10.3 Å². The molecule has 1 N–H and O–H groups in total. The molecule has 0 radical (unpaired) electrons. The van der Waals surface area contributed by atoms with Crippen molar-refractivity contribution < 1.29 is 19.1 Å². The lowest BCUT2D eigenvalue weighted by atomic mass is 9.86. The molecular weight excluding hydrogens is 450 g/mol. The van der Waals surface area contributed by atoms with Gasteiger partial charge in [-0.3, -0.25) is 19.9 Å². The Morgan fingerprint density at radius 3 is 2.26 bits per heavy atom. The summed E-state index contributed by atoms with van der Waals surface area (Å²) in [6, 6.07) is 9.55. The number of rotatable bonds is 3. The predicted molar refractivity (Wildman–Crippen MR) is 135 cm³/mol. The molecule has 2 aromatic rings. The number of benzene rings is 1. The molecular formula is C26H29N3O4S. The van der Waals surface area contributed by atoms with Crippen LogP contribution < -0.4 is 15.0 Å². The van der Waals surface area contributed by atoms with E-state index in [1.54, 1.807) is 23.1 Å². The van der Waals surface area contributed by atoms with Crippen molar-refractivity contribution in [1.29, 1.82) is 0 Å². The summed E-state index contributed by atoms with van der Waals surface area (Å²) in [5.41, 5.74) is 4.02. The molecule has 0 bridgehead atoms. The van der Waals surface area contributed by atoms with Gasteiger partial charge < -0.3 is 14.4 Å². The minimum Gasteiger partial charge on any atom is -0.482 e. The van der Waals surface area contributed by atoms with Gasteiger partial charge in [-0.1, -0.05) is 47.6 Å². The zero-order chi connectivity index (χ0) is 24.8. The monoisotopic (exact) mass is 479 g/mol. The number of hydrogen-bond donors (Lipinski definition) is 1. The zero-order valence-corrected chi connectivity index (χ0v) is 21.1. The Morgan fingerprint density at radius 1 is 1.06 bits per heavy atom. The number of anilines is 1. The summed E-state index contributed by atoms with van der Waals surface area (Å²) in [5, 5.41) is 2.46. The summed E-state index contributed by atoms with van der Waals surface area (Å²) < 4.78 is 10.9. The number of nitrogens with one attached hydrogen (secondary N) is 1. The van der Waals surface area contributed by atoms with Gasteiger partial charge in [-0.2, -0.15) is 0 Å². The summed E-state index contributed by atoms with van der Waals surface area (Å²) in [4.78, 5) is 31.6. The van der Waals surface area contributed by atoms with Crippen LogP contribution in [-0.2, 0) is 31.7 Å². The molecule has 8 heteroatoms. The Balaban J connectivity index is 1.73. The van der Waals surface area contributed by atoms with Crippen molar-refractivity contribution in [3.8, 4) is 5.75 Å². The SMILES string of the molecule is CC(C)(C)c1cc(CN2C(=O)COc3ccc(C=C4OC(=S)NC4=O)cc32)cc(C(C)(C)C)n1. The van der Waals surface area contributed by atoms with Crippen molar-refractivity contribution in [3.63, 3.8) is 0 Å². The molecule has 2 aliphatic rings. The largest absolute Gasteiger partial charge is 0.482 e. The fourth-order valence-electron chi connectivity index (χ4n) is 3.68. The van der Waals surface area contributed by atoms with Gasteiger partial charge in [-0.05, 0) is 53.7 Å². The van der Waals surface area contributed by atoms with Gasteiger partial charge in [0.25, 0.3) is 17.0 Å². The molecule has 2 aliphatic heterocycles. The van der Waals surface area contributed by atoms with Gasteiger partial charge in [0.05, 0.1) is 12.2 Å². The van der Waals surface area contributed by atoms with Gasteiger partial charge in [0.2, 0.25) is 0 Å². The van der Waals surface area contributed by atoms with Gasteiger partial charge >= 0.3 is 0 Å². The average molecular weight is 480 g/mol. The van der Waals surface area contributed by atoms with Crippen LogP contribution in [0.5, 0.6) is 5.75 Å². The molecule has 0 spiro atoms. The molecule has 0 saturated carbocycles. The molecule has 34 heavy (non-hydrogen) atoms. The van der Waals surface area contributed by atoms with Crippen molar-refractivity contribution in [2.45, 2.75) is 58.9 Å². The van der Waals surface area contributed by atoms with Crippen LogP contribution in [0.1, 0.15) is 64.1 Å². The maximum Gasteiger partial charge on any atom is 0.294 e. The van der Waals surface area contributed by atoms with E-state index in [4.69, 9.17) is 26.7 Å². The molecule has 2 amide bonds. The first kappa shape index (κ1) is 23.9. The summed E-state index contributed by atoms with van der Waals surface area (Å²) in [7, 11) is 0. The normalized spacial score (nSPS) is 17.4. The molecule has 0 unspecified atom stereocenters. The number of nitrogens with zero attached hydrogens (tertiary/aromatic N) is 2. The predicted octanol–water partition coefficient (Wildman–Crippen LogP) is 4.37.